The normalized spacial score (nSPS) is 16.6. The number of rotatable bonds is 8. The van der Waals surface area contributed by atoms with Gasteiger partial charge in [0.2, 0.25) is 11.8 Å². The zero-order valence-corrected chi connectivity index (χ0v) is 11.7. The molecule has 0 heterocycles. The quantitative estimate of drug-likeness (QED) is 0.231. The third kappa shape index (κ3) is 5.74. The van der Waals surface area contributed by atoms with E-state index in [0.717, 1.165) is 0 Å². The van der Waals surface area contributed by atoms with Crippen LogP contribution in [0.25, 0.3) is 0 Å². The lowest BCUT2D eigenvalue weighted by molar-refractivity contribution is -0.145. The SMILES string of the molecule is C[C@@H](O)[C@H](NC(=O)[C@H](CS)NC(=O)[C@@H](N)CO)C(=O)O. The van der Waals surface area contributed by atoms with Crippen LogP contribution in [0.5, 0.6) is 0 Å². The molecule has 116 valence electrons. The van der Waals surface area contributed by atoms with Crippen LogP contribution in [0.4, 0.5) is 0 Å². The average Bonchev–Trinajstić information content (AvgIpc) is 2.39. The molecule has 7 N–H and O–H groups in total. The molecular formula is C10H19N3O6S. The molecule has 20 heavy (non-hydrogen) atoms. The minimum absolute atomic E-state index is 0.109. The number of amides is 2. The van der Waals surface area contributed by atoms with Crippen molar-refractivity contribution in [3.8, 4) is 0 Å². The average molecular weight is 309 g/mol. The summed E-state index contributed by atoms with van der Waals surface area (Å²) in [6.07, 6.45) is -1.31. The van der Waals surface area contributed by atoms with Crippen LogP contribution in [0.15, 0.2) is 0 Å². The molecule has 0 unspecified atom stereocenters. The van der Waals surface area contributed by atoms with Crippen molar-refractivity contribution < 1.29 is 29.7 Å². The lowest BCUT2D eigenvalue weighted by Gasteiger charge is -2.22. The molecule has 0 aliphatic rings. The Morgan fingerprint density at radius 1 is 1.25 bits per heavy atom. The van der Waals surface area contributed by atoms with Crippen LogP contribution in [-0.2, 0) is 14.4 Å². The van der Waals surface area contributed by atoms with Crippen molar-refractivity contribution in [2.75, 3.05) is 12.4 Å². The van der Waals surface area contributed by atoms with Gasteiger partial charge >= 0.3 is 5.97 Å². The molecule has 0 bridgehead atoms. The molecule has 0 aliphatic carbocycles. The van der Waals surface area contributed by atoms with Crippen LogP contribution in [0.2, 0.25) is 0 Å². The summed E-state index contributed by atoms with van der Waals surface area (Å²) >= 11 is 3.86. The second kappa shape index (κ2) is 8.74. The summed E-state index contributed by atoms with van der Waals surface area (Å²) in [7, 11) is 0. The Bertz CT molecular complexity index is 365. The zero-order valence-electron chi connectivity index (χ0n) is 10.8. The Kier molecular flexibility index (Phi) is 8.15. The molecule has 0 saturated heterocycles. The Labute approximate surface area is 120 Å². The number of carboxylic acids is 1. The van der Waals surface area contributed by atoms with Gasteiger partial charge in [0.05, 0.1) is 12.7 Å². The van der Waals surface area contributed by atoms with Gasteiger partial charge in [-0.15, -0.1) is 0 Å². The summed E-state index contributed by atoms with van der Waals surface area (Å²) in [5, 5.41) is 31.1. The van der Waals surface area contributed by atoms with E-state index in [-0.39, 0.29) is 5.75 Å². The summed E-state index contributed by atoms with van der Waals surface area (Å²) in [6, 6.07) is -3.84. The smallest absolute Gasteiger partial charge is 0.328 e. The molecule has 2 amide bonds. The van der Waals surface area contributed by atoms with E-state index in [4.69, 9.17) is 15.9 Å². The highest BCUT2D eigenvalue weighted by Gasteiger charge is 2.29. The molecule has 0 radical (unpaired) electrons. The molecule has 0 rings (SSSR count). The van der Waals surface area contributed by atoms with Crippen LogP contribution in [0, 0.1) is 0 Å². The van der Waals surface area contributed by atoms with Gasteiger partial charge in [-0.2, -0.15) is 12.6 Å². The molecule has 4 atom stereocenters. The third-order valence-electron chi connectivity index (χ3n) is 2.40. The van der Waals surface area contributed by atoms with E-state index < -0.39 is 48.6 Å². The van der Waals surface area contributed by atoms with Crippen molar-refractivity contribution in [2.24, 2.45) is 5.73 Å². The zero-order chi connectivity index (χ0) is 15.9. The fraction of sp³-hybridized carbons (Fsp3) is 0.700. The van der Waals surface area contributed by atoms with Crippen molar-refractivity contribution in [2.45, 2.75) is 31.2 Å². The first-order valence-corrected chi connectivity index (χ1v) is 6.36. The van der Waals surface area contributed by atoms with E-state index >= 15 is 0 Å². The Hall–Kier alpha value is -1.36. The van der Waals surface area contributed by atoms with E-state index in [1.807, 2.05) is 0 Å². The third-order valence-corrected chi connectivity index (χ3v) is 2.76. The van der Waals surface area contributed by atoms with E-state index in [1.165, 1.54) is 6.92 Å². The first-order valence-electron chi connectivity index (χ1n) is 5.73. The lowest BCUT2D eigenvalue weighted by atomic mass is 10.1. The summed E-state index contributed by atoms with van der Waals surface area (Å²) < 4.78 is 0. The monoisotopic (exact) mass is 309 g/mol. The molecule has 0 aliphatic heterocycles. The molecule has 10 heteroatoms. The first-order chi connectivity index (χ1) is 9.24. The number of nitrogens with one attached hydrogen (secondary N) is 2. The van der Waals surface area contributed by atoms with Crippen LogP contribution in [0.3, 0.4) is 0 Å². The van der Waals surface area contributed by atoms with Gasteiger partial charge in [0.1, 0.15) is 12.1 Å². The number of carboxylic acid groups (broad SMARTS) is 1. The second-order valence-corrected chi connectivity index (χ2v) is 4.46. The van der Waals surface area contributed by atoms with Crippen molar-refractivity contribution in [3.05, 3.63) is 0 Å². The van der Waals surface area contributed by atoms with Gasteiger partial charge in [-0.1, -0.05) is 0 Å². The highest BCUT2D eigenvalue weighted by Crippen LogP contribution is 1.97. The summed E-state index contributed by atoms with van der Waals surface area (Å²) in [5.41, 5.74) is 5.26. The molecular weight excluding hydrogens is 290 g/mol. The Balaban J connectivity index is 4.70. The fourth-order valence-electron chi connectivity index (χ4n) is 1.20. The van der Waals surface area contributed by atoms with E-state index in [1.54, 1.807) is 0 Å². The van der Waals surface area contributed by atoms with Gasteiger partial charge in [-0.25, -0.2) is 4.79 Å². The minimum Gasteiger partial charge on any atom is -0.480 e. The van der Waals surface area contributed by atoms with Gasteiger partial charge in [-0.05, 0) is 6.92 Å². The maximum atomic E-state index is 11.8. The fourth-order valence-corrected chi connectivity index (χ4v) is 1.46. The molecule has 0 spiro atoms. The molecule has 0 aromatic rings. The van der Waals surface area contributed by atoms with E-state index in [0.29, 0.717) is 0 Å². The molecule has 0 aromatic heterocycles. The largest absolute Gasteiger partial charge is 0.480 e. The second-order valence-electron chi connectivity index (χ2n) is 4.10. The summed E-state index contributed by atoms with van der Waals surface area (Å²) in [5.74, 6) is -3.12. The van der Waals surface area contributed by atoms with Crippen molar-refractivity contribution in [3.63, 3.8) is 0 Å². The summed E-state index contributed by atoms with van der Waals surface area (Å²) in [4.78, 5) is 34.0. The number of nitrogens with two attached hydrogens (primary N) is 1. The number of hydrogen-bond donors (Lipinski definition) is 7. The van der Waals surface area contributed by atoms with E-state index in [9.17, 15) is 19.5 Å². The van der Waals surface area contributed by atoms with Crippen LogP contribution < -0.4 is 16.4 Å². The van der Waals surface area contributed by atoms with Crippen LogP contribution in [0.1, 0.15) is 6.92 Å². The molecule has 0 aromatic carbocycles. The highest BCUT2D eigenvalue weighted by atomic mass is 32.1. The van der Waals surface area contributed by atoms with Crippen molar-refractivity contribution in [1.29, 1.82) is 0 Å². The van der Waals surface area contributed by atoms with Gasteiger partial charge in [-0.3, -0.25) is 9.59 Å². The molecule has 9 nitrogen and oxygen atoms in total. The van der Waals surface area contributed by atoms with Crippen molar-refractivity contribution >= 4 is 30.4 Å². The van der Waals surface area contributed by atoms with Gasteiger partial charge < -0.3 is 31.7 Å². The number of carbonyl (C=O) groups is 3. The van der Waals surface area contributed by atoms with Gasteiger partial charge in [0, 0.05) is 5.75 Å². The highest BCUT2D eigenvalue weighted by molar-refractivity contribution is 7.80. The number of aliphatic carboxylic acids is 1. The number of thiol groups is 1. The van der Waals surface area contributed by atoms with Crippen LogP contribution >= 0.6 is 12.6 Å². The van der Waals surface area contributed by atoms with Gasteiger partial charge in [0.15, 0.2) is 6.04 Å². The molecule has 0 fully saturated rings. The predicted octanol–water partition coefficient (Wildman–Crippen LogP) is -3.33. The molecule has 0 saturated carbocycles. The maximum Gasteiger partial charge on any atom is 0.328 e. The lowest BCUT2D eigenvalue weighted by Crippen LogP contribution is -2.57. The predicted molar refractivity (Wildman–Crippen MR) is 72.1 cm³/mol. The topological polar surface area (TPSA) is 162 Å². The Morgan fingerprint density at radius 2 is 1.80 bits per heavy atom. The summed E-state index contributed by atoms with van der Waals surface area (Å²) in [6.45, 7) is 0.604. The maximum absolute atomic E-state index is 11.8. The van der Waals surface area contributed by atoms with Crippen molar-refractivity contribution in [1.82, 2.24) is 10.6 Å². The van der Waals surface area contributed by atoms with Crippen LogP contribution in [-0.4, -0.2) is 69.7 Å². The van der Waals surface area contributed by atoms with E-state index in [2.05, 4.69) is 23.3 Å². The van der Waals surface area contributed by atoms with Gasteiger partial charge in [0.25, 0.3) is 0 Å². The Morgan fingerprint density at radius 3 is 2.15 bits per heavy atom. The first kappa shape index (κ1) is 18.6. The minimum atomic E-state index is -1.51. The number of aliphatic hydroxyl groups excluding tert-OH is 2. The number of aliphatic hydroxyl groups is 2. The standard InChI is InChI=1S/C10H19N3O6S/c1-4(15)7(10(18)19)13-9(17)6(3-20)12-8(16)5(11)2-14/h4-7,14-15,20H,2-3,11H2,1H3,(H,12,16)(H,13,17)(H,18,19)/t4-,5+,6+,7+/m1/s1. The number of carbonyl (C=O) groups excluding carboxylic acids is 2. The number of hydrogen-bond acceptors (Lipinski definition) is 7.